The van der Waals surface area contributed by atoms with Crippen LogP contribution in [-0.4, -0.2) is 50.7 Å². The fourth-order valence-electron chi connectivity index (χ4n) is 1.83. The number of esters is 1. The molecule has 0 spiro atoms. The molecule has 23 heavy (non-hydrogen) atoms. The number of ether oxygens (including phenoxy) is 4. The summed E-state index contributed by atoms with van der Waals surface area (Å²) in [5, 5.41) is 0. The van der Waals surface area contributed by atoms with Gasteiger partial charge in [0.15, 0.2) is 0 Å². The molecule has 5 heteroatoms. The van der Waals surface area contributed by atoms with E-state index in [-0.39, 0.29) is 24.3 Å². The van der Waals surface area contributed by atoms with Crippen molar-refractivity contribution in [1.29, 1.82) is 0 Å². The molecular weight excluding hydrogens is 296 g/mol. The van der Waals surface area contributed by atoms with E-state index in [1.165, 1.54) is 0 Å². The minimum atomic E-state index is -0.237. The normalized spacial score (nSPS) is 15.4. The Hall–Kier alpha value is -0.650. The van der Waals surface area contributed by atoms with Crippen LogP contribution in [0.2, 0.25) is 0 Å². The molecule has 0 rings (SSSR count). The van der Waals surface area contributed by atoms with Gasteiger partial charge in [-0.3, -0.25) is 4.79 Å². The molecular formula is C18H36O5. The Balaban J connectivity index is 3.69. The molecule has 0 aromatic heterocycles. The van der Waals surface area contributed by atoms with Gasteiger partial charge in [0.25, 0.3) is 0 Å². The minimum absolute atomic E-state index is 0.0423. The molecule has 3 unspecified atom stereocenters. The second-order valence-corrected chi connectivity index (χ2v) is 6.61. The monoisotopic (exact) mass is 332 g/mol. The summed E-state index contributed by atoms with van der Waals surface area (Å²) >= 11 is 0. The molecule has 0 fully saturated rings. The van der Waals surface area contributed by atoms with Gasteiger partial charge in [0, 0.05) is 13.0 Å². The summed E-state index contributed by atoms with van der Waals surface area (Å²) in [5.41, 5.74) is 0. The fourth-order valence-corrected chi connectivity index (χ4v) is 1.83. The van der Waals surface area contributed by atoms with Gasteiger partial charge >= 0.3 is 5.97 Å². The molecule has 0 saturated carbocycles. The van der Waals surface area contributed by atoms with Crippen molar-refractivity contribution < 1.29 is 23.7 Å². The third-order valence-electron chi connectivity index (χ3n) is 3.13. The molecule has 0 aromatic rings. The van der Waals surface area contributed by atoms with Gasteiger partial charge in [-0.05, 0) is 33.1 Å². The first-order valence-electron chi connectivity index (χ1n) is 8.85. The van der Waals surface area contributed by atoms with E-state index in [9.17, 15) is 4.79 Å². The highest BCUT2D eigenvalue weighted by Gasteiger charge is 2.13. The second kappa shape index (κ2) is 13.8. The number of hydrogen-bond acceptors (Lipinski definition) is 5. The van der Waals surface area contributed by atoms with Gasteiger partial charge in [-0.15, -0.1) is 0 Å². The largest absolute Gasteiger partial charge is 0.460 e. The van der Waals surface area contributed by atoms with Gasteiger partial charge in [0.1, 0.15) is 6.10 Å². The maximum absolute atomic E-state index is 11.6. The van der Waals surface area contributed by atoms with Crippen LogP contribution in [-0.2, 0) is 23.7 Å². The van der Waals surface area contributed by atoms with Crippen molar-refractivity contribution in [3.8, 4) is 0 Å². The molecule has 0 amide bonds. The number of carbonyl (C=O) groups is 1. The van der Waals surface area contributed by atoms with E-state index >= 15 is 0 Å². The standard InChI is InChI=1S/C18H36O5/c1-7-8-9-20-11-15(4)21-12-16(5)22-13-17(6)23-18(19)10-14(2)3/h14-17H,7-13H2,1-6H3. The summed E-state index contributed by atoms with van der Waals surface area (Å²) in [7, 11) is 0. The highest BCUT2D eigenvalue weighted by atomic mass is 16.6. The molecule has 0 N–H and O–H groups in total. The molecule has 0 heterocycles. The SMILES string of the molecule is CCCCOCC(C)OCC(C)OCC(C)OC(=O)CC(C)C. The zero-order chi connectivity index (χ0) is 17.7. The van der Waals surface area contributed by atoms with Crippen LogP contribution in [0.15, 0.2) is 0 Å². The van der Waals surface area contributed by atoms with Crippen molar-refractivity contribution in [2.24, 2.45) is 5.92 Å². The number of rotatable bonds is 14. The van der Waals surface area contributed by atoms with E-state index in [4.69, 9.17) is 18.9 Å². The second-order valence-electron chi connectivity index (χ2n) is 6.61. The van der Waals surface area contributed by atoms with Crippen LogP contribution in [0.5, 0.6) is 0 Å². The van der Waals surface area contributed by atoms with E-state index in [1.807, 2.05) is 34.6 Å². The van der Waals surface area contributed by atoms with E-state index in [0.717, 1.165) is 19.4 Å². The number of carbonyl (C=O) groups excluding carboxylic acids is 1. The molecule has 5 nitrogen and oxygen atoms in total. The van der Waals surface area contributed by atoms with Crippen LogP contribution in [0.3, 0.4) is 0 Å². The van der Waals surface area contributed by atoms with Crippen molar-refractivity contribution in [1.82, 2.24) is 0 Å². The van der Waals surface area contributed by atoms with Gasteiger partial charge in [-0.2, -0.15) is 0 Å². The average Bonchev–Trinajstić information content (AvgIpc) is 2.46. The molecule has 0 aliphatic heterocycles. The molecule has 0 radical (unpaired) electrons. The van der Waals surface area contributed by atoms with Crippen molar-refractivity contribution in [3.05, 3.63) is 0 Å². The van der Waals surface area contributed by atoms with Crippen LogP contribution in [0.25, 0.3) is 0 Å². The molecule has 138 valence electrons. The van der Waals surface area contributed by atoms with Crippen molar-refractivity contribution in [3.63, 3.8) is 0 Å². The third-order valence-corrected chi connectivity index (χ3v) is 3.13. The van der Waals surface area contributed by atoms with E-state index in [2.05, 4.69) is 6.92 Å². The summed E-state index contributed by atoms with van der Waals surface area (Å²) < 4.78 is 22.2. The maximum atomic E-state index is 11.6. The predicted octanol–water partition coefficient (Wildman–Crippen LogP) is 3.59. The molecule has 0 bridgehead atoms. The summed E-state index contributed by atoms with van der Waals surface area (Å²) in [6.45, 7) is 14.2. The lowest BCUT2D eigenvalue weighted by molar-refractivity contribution is -0.153. The lowest BCUT2D eigenvalue weighted by atomic mass is 10.1. The summed E-state index contributed by atoms with van der Waals surface area (Å²) in [5.74, 6) is 0.141. The Kier molecular flexibility index (Phi) is 13.4. The Labute approximate surface area is 142 Å². The van der Waals surface area contributed by atoms with Gasteiger partial charge < -0.3 is 18.9 Å². The van der Waals surface area contributed by atoms with E-state index in [1.54, 1.807) is 0 Å². The van der Waals surface area contributed by atoms with Crippen molar-refractivity contribution in [2.45, 2.75) is 79.1 Å². The highest BCUT2D eigenvalue weighted by molar-refractivity contribution is 5.69. The quantitative estimate of drug-likeness (QED) is 0.359. The van der Waals surface area contributed by atoms with Gasteiger partial charge in [0.05, 0.1) is 32.0 Å². The average molecular weight is 332 g/mol. The summed E-state index contributed by atoms with van der Waals surface area (Å²) in [4.78, 5) is 11.6. The lowest BCUT2D eigenvalue weighted by Crippen LogP contribution is -2.27. The molecule has 0 saturated heterocycles. The van der Waals surface area contributed by atoms with E-state index < -0.39 is 0 Å². The molecule has 3 atom stereocenters. The minimum Gasteiger partial charge on any atom is -0.460 e. The topological polar surface area (TPSA) is 54.0 Å². The van der Waals surface area contributed by atoms with Gasteiger partial charge in [0.2, 0.25) is 0 Å². The summed E-state index contributed by atoms with van der Waals surface area (Å²) in [6, 6.07) is 0. The molecule has 0 aliphatic rings. The maximum Gasteiger partial charge on any atom is 0.306 e. The van der Waals surface area contributed by atoms with Gasteiger partial charge in [-0.1, -0.05) is 27.2 Å². The zero-order valence-electron chi connectivity index (χ0n) is 15.8. The Bertz CT molecular complexity index is 293. The lowest BCUT2D eigenvalue weighted by Gasteiger charge is -2.20. The first kappa shape index (κ1) is 22.4. The Morgan fingerprint density at radius 1 is 0.870 bits per heavy atom. The van der Waals surface area contributed by atoms with Crippen LogP contribution in [0.4, 0.5) is 0 Å². The van der Waals surface area contributed by atoms with Gasteiger partial charge in [-0.25, -0.2) is 0 Å². The van der Waals surface area contributed by atoms with Crippen LogP contribution in [0, 0.1) is 5.92 Å². The van der Waals surface area contributed by atoms with Crippen LogP contribution < -0.4 is 0 Å². The number of unbranched alkanes of at least 4 members (excludes halogenated alkanes) is 1. The smallest absolute Gasteiger partial charge is 0.306 e. The third kappa shape index (κ3) is 14.7. The van der Waals surface area contributed by atoms with Crippen LogP contribution >= 0.6 is 0 Å². The molecule has 0 aliphatic carbocycles. The molecule has 0 aromatic carbocycles. The van der Waals surface area contributed by atoms with Crippen LogP contribution in [0.1, 0.15) is 60.8 Å². The zero-order valence-corrected chi connectivity index (χ0v) is 15.8. The summed E-state index contributed by atoms with van der Waals surface area (Å²) in [6.07, 6.45) is 2.44. The van der Waals surface area contributed by atoms with E-state index in [0.29, 0.717) is 32.2 Å². The Morgan fingerprint density at radius 3 is 2.00 bits per heavy atom. The van der Waals surface area contributed by atoms with Crippen molar-refractivity contribution >= 4 is 5.97 Å². The number of hydrogen-bond donors (Lipinski definition) is 0. The Morgan fingerprint density at radius 2 is 1.43 bits per heavy atom. The first-order valence-corrected chi connectivity index (χ1v) is 8.85. The first-order chi connectivity index (χ1) is 10.8. The predicted molar refractivity (Wildman–Crippen MR) is 91.6 cm³/mol. The van der Waals surface area contributed by atoms with Crippen molar-refractivity contribution in [2.75, 3.05) is 26.4 Å². The fraction of sp³-hybridized carbons (Fsp3) is 0.944. The highest BCUT2D eigenvalue weighted by Crippen LogP contribution is 2.05.